The molecule has 0 radical (unpaired) electrons. The number of carbonyl (C=O) groups excluding carboxylic acids is 2. The molecule has 146 valence electrons. The summed E-state index contributed by atoms with van der Waals surface area (Å²) in [6.45, 7) is 2.43. The molecule has 0 spiro atoms. The lowest BCUT2D eigenvalue weighted by molar-refractivity contribution is -0.127. The lowest BCUT2D eigenvalue weighted by Gasteiger charge is -2.31. The summed E-state index contributed by atoms with van der Waals surface area (Å²) < 4.78 is 5.66. The van der Waals surface area contributed by atoms with E-state index in [1.54, 1.807) is 0 Å². The summed E-state index contributed by atoms with van der Waals surface area (Å²) in [6.07, 6.45) is 5.75. The standard InChI is InChI=1S/C19H25ClN4O3/c20-15-10-14(17-13(16(15)21)2-1-9-27-17)19(26)23-22-18(25)11-5-7-24(8-6-11)12-3-4-12/h10-12H,1-9,21H2,(H,22,25)(H,23,26). The number of hydrazine groups is 1. The molecule has 1 aromatic carbocycles. The first-order valence-corrected chi connectivity index (χ1v) is 10.00. The van der Waals surface area contributed by atoms with Crippen molar-refractivity contribution in [3.8, 4) is 5.75 Å². The zero-order valence-electron chi connectivity index (χ0n) is 15.2. The molecule has 8 heteroatoms. The molecule has 1 aliphatic carbocycles. The Morgan fingerprint density at radius 1 is 1.19 bits per heavy atom. The number of nitrogens with zero attached hydrogens (tertiary/aromatic N) is 1. The minimum Gasteiger partial charge on any atom is -0.492 e. The third kappa shape index (κ3) is 3.84. The van der Waals surface area contributed by atoms with Gasteiger partial charge in [-0.25, -0.2) is 0 Å². The van der Waals surface area contributed by atoms with Crippen LogP contribution in [0.5, 0.6) is 5.75 Å². The van der Waals surface area contributed by atoms with E-state index in [1.807, 2.05) is 0 Å². The third-order valence-electron chi connectivity index (χ3n) is 5.70. The number of likely N-dealkylation sites (tertiary alicyclic amines) is 1. The van der Waals surface area contributed by atoms with Gasteiger partial charge in [-0.1, -0.05) is 11.6 Å². The van der Waals surface area contributed by atoms with Gasteiger partial charge in [0.2, 0.25) is 5.91 Å². The van der Waals surface area contributed by atoms with E-state index in [9.17, 15) is 9.59 Å². The summed E-state index contributed by atoms with van der Waals surface area (Å²) in [4.78, 5) is 27.5. The van der Waals surface area contributed by atoms with Crippen molar-refractivity contribution in [3.63, 3.8) is 0 Å². The van der Waals surface area contributed by atoms with Crippen molar-refractivity contribution in [3.05, 3.63) is 22.2 Å². The Kier molecular flexibility index (Phi) is 5.14. The molecule has 3 aliphatic rings. The number of benzene rings is 1. The predicted molar refractivity (Wildman–Crippen MR) is 103 cm³/mol. The molecule has 27 heavy (non-hydrogen) atoms. The van der Waals surface area contributed by atoms with Crippen LogP contribution in [0.25, 0.3) is 0 Å². The molecule has 2 heterocycles. The number of nitrogens with two attached hydrogens (primary N) is 1. The van der Waals surface area contributed by atoms with E-state index in [-0.39, 0.29) is 11.8 Å². The SMILES string of the molecule is Nc1c(Cl)cc(C(=O)NNC(=O)C2CCN(C3CC3)CC2)c2c1CCCO2. The fraction of sp³-hybridized carbons (Fsp3) is 0.579. The van der Waals surface area contributed by atoms with Crippen molar-refractivity contribution < 1.29 is 14.3 Å². The monoisotopic (exact) mass is 392 g/mol. The number of carbonyl (C=O) groups is 2. The smallest absolute Gasteiger partial charge is 0.273 e. The van der Waals surface area contributed by atoms with Gasteiger partial charge < -0.3 is 15.4 Å². The van der Waals surface area contributed by atoms with E-state index in [2.05, 4.69) is 15.8 Å². The fourth-order valence-corrected chi connectivity index (χ4v) is 4.18. The van der Waals surface area contributed by atoms with Crippen molar-refractivity contribution in [2.75, 3.05) is 25.4 Å². The maximum Gasteiger partial charge on any atom is 0.273 e. The summed E-state index contributed by atoms with van der Waals surface area (Å²) in [5.41, 5.74) is 12.6. The number of rotatable bonds is 3. The maximum atomic E-state index is 12.6. The molecule has 2 fully saturated rings. The molecular formula is C19H25ClN4O3. The van der Waals surface area contributed by atoms with Crippen LogP contribution < -0.4 is 21.3 Å². The van der Waals surface area contributed by atoms with E-state index >= 15 is 0 Å². The number of nitrogen functional groups attached to an aromatic ring is 1. The number of piperidine rings is 1. The van der Waals surface area contributed by atoms with Gasteiger partial charge in [-0.2, -0.15) is 0 Å². The van der Waals surface area contributed by atoms with Crippen LogP contribution in [0.15, 0.2) is 6.07 Å². The number of nitrogens with one attached hydrogen (secondary N) is 2. The number of hydrogen-bond acceptors (Lipinski definition) is 5. The highest BCUT2D eigenvalue weighted by Gasteiger charge is 2.34. The molecule has 0 atom stereocenters. The Balaban J connectivity index is 1.37. The zero-order chi connectivity index (χ0) is 19.0. The Hall–Kier alpha value is -1.99. The first-order chi connectivity index (χ1) is 13.0. The topological polar surface area (TPSA) is 96.7 Å². The highest BCUT2D eigenvalue weighted by Crippen LogP contribution is 2.38. The van der Waals surface area contributed by atoms with E-state index in [0.29, 0.717) is 35.1 Å². The van der Waals surface area contributed by atoms with Gasteiger partial charge in [0.15, 0.2) is 0 Å². The van der Waals surface area contributed by atoms with Gasteiger partial charge in [-0.05, 0) is 57.7 Å². The molecule has 7 nitrogen and oxygen atoms in total. The summed E-state index contributed by atoms with van der Waals surface area (Å²) >= 11 is 6.17. The van der Waals surface area contributed by atoms with Gasteiger partial charge in [0.25, 0.3) is 5.91 Å². The highest BCUT2D eigenvalue weighted by atomic mass is 35.5. The molecular weight excluding hydrogens is 368 g/mol. The Labute approximate surface area is 163 Å². The predicted octanol–water partition coefficient (Wildman–Crippen LogP) is 1.88. The van der Waals surface area contributed by atoms with Crippen molar-refractivity contribution in [2.45, 2.75) is 44.6 Å². The number of hydrogen-bond donors (Lipinski definition) is 3. The fourth-order valence-electron chi connectivity index (χ4n) is 3.96. The second-order valence-corrected chi connectivity index (χ2v) is 7.97. The van der Waals surface area contributed by atoms with Crippen LogP contribution in [0.1, 0.15) is 48.0 Å². The highest BCUT2D eigenvalue weighted by molar-refractivity contribution is 6.33. The van der Waals surface area contributed by atoms with E-state index < -0.39 is 5.91 Å². The maximum absolute atomic E-state index is 12.6. The minimum absolute atomic E-state index is 0.0690. The van der Waals surface area contributed by atoms with Gasteiger partial charge in [0.05, 0.1) is 22.9 Å². The number of amides is 2. The van der Waals surface area contributed by atoms with Gasteiger partial charge in [-0.3, -0.25) is 20.4 Å². The van der Waals surface area contributed by atoms with Crippen LogP contribution in [0.4, 0.5) is 5.69 Å². The number of anilines is 1. The lowest BCUT2D eigenvalue weighted by Crippen LogP contribution is -2.47. The summed E-state index contributed by atoms with van der Waals surface area (Å²) in [7, 11) is 0. The van der Waals surface area contributed by atoms with E-state index in [1.165, 1.54) is 18.9 Å². The lowest BCUT2D eigenvalue weighted by atomic mass is 9.96. The summed E-state index contributed by atoms with van der Waals surface area (Å²) in [6, 6.07) is 2.23. The van der Waals surface area contributed by atoms with Crippen LogP contribution in [-0.2, 0) is 11.2 Å². The number of fused-ring (bicyclic) bond motifs is 1. The number of halogens is 1. The van der Waals surface area contributed by atoms with Crippen LogP contribution >= 0.6 is 11.6 Å². The normalized spacial score (nSPS) is 20.5. The molecule has 2 aliphatic heterocycles. The second kappa shape index (κ2) is 7.56. The molecule has 4 N–H and O–H groups in total. The molecule has 4 rings (SSSR count). The Morgan fingerprint density at radius 3 is 2.63 bits per heavy atom. The van der Waals surface area contributed by atoms with Crippen LogP contribution in [0.2, 0.25) is 5.02 Å². The molecule has 0 unspecified atom stereocenters. The number of ether oxygens (including phenoxy) is 1. The minimum atomic E-state index is -0.446. The van der Waals surface area contributed by atoms with Crippen LogP contribution in [-0.4, -0.2) is 42.5 Å². The van der Waals surface area contributed by atoms with Crippen molar-refractivity contribution >= 4 is 29.1 Å². The van der Waals surface area contributed by atoms with Crippen molar-refractivity contribution in [1.82, 2.24) is 15.8 Å². The van der Waals surface area contributed by atoms with Crippen LogP contribution in [0.3, 0.4) is 0 Å². The Morgan fingerprint density at radius 2 is 1.93 bits per heavy atom. The van der Waals surface area contributed by atoms with E-state index in [0.717, 1.165) is 44.0 Å². The Bertz CT molecular complexity index is 758. The van der Waals surface area contributed by atoms with Crippen LogP contribution in [0, 0.1) is 5.92 Å². The van der Waals surface area contributed by atoms with Gasteiger partial charge in [0, 0.05) is 17.5 Å². The van der Waals surface area contributed by atoms with Crippen molar-refractivity contribution in [1.29, 1.82) is 0 Å². The zero-order valence-corrected chi connectivity index (χ0v) is 16.0. The van der Waals surface area contributed by atoms with E-state index in [4.69, 9.17) is 22.1 Å². The molecule has 0 aromatic heterocycles. The summed E-state index contributed by atoms with van der Waals surface area (Å²) in [5, 5.41) is 0.322. The average Bonchev–Trinajstić information content (AvgIpc) is 3.54. The van der Waals surface area contributed by atoms with Crippen molar-refractivity contribution in [2.24, 2.45) is 5.92 Å². The third-order valence-corrected chi connectivity index (χ3v) is 6.01. The molecule has 2 amide bonds. The molecule has 0 bridgehead atoms. The average molecular weight is 393 g/mol. The first-order valence-electron chi connectivity index (χ1n) is 9.62. The quantitative estimate of drug-likeness (QED) is 0.539. The van der Waals surface area contributed by atoms with Gasteiger partial charge in [-0.15, -0.1) is 0 Å². The first kappa shape index (κ1) is 18.4. The summed E-state index contributed by atoms with van der Waals surface area (Å²) in [5.74, 6) is -0.193. The molecule has 1 saturated heterocycles. The largest absolute Gasteiger partial charge is 0.492 e. The molecule has 1 saturated carbocycles. The molecule has 1 aromatic rings. The van der Waals surface area contributed by atoms with Gasteiger partial charge in [0.1, 0.15) is 5.75 Å². The van der Waals surface area contributed by atoms with Gasteiger partial charge >= 0.3 is 0 Å². The second-order valence-electron chi connectivity index (χ2n) is 7.56.